The number of carbonyl (C=O) groups excluding carboxylic acids is 1. The van der Waals surface area contributed by atoms with Crippen molar-refractivity contribution in [2.24, 2.45) is 5.92 Å². The second kappa shape index (κ2) is 8.20. The molecule has 2 atom stereocenters. The van der Waals surface area contributed by atoms with Crippen LogP contribution in [0.2, 0.25) is 0 Å². The van der Waals surface area contributed by atoms with Gasteiger partial charge in [-0.25, -0.2) is 4.39 Å². The second-order valence-electron chi connectivity index (χ2n) is 6.73. The molecule has 2 aromatic rings. The van der Waals surface area contributed by atoms with Crippen LogP contribution in [-0.4, -0.2) is 42.1 Å². The zero-order chi connectivity index (χ0) is 19.4. The Labute approximate surface area is 157 Å². The van der Waals surface area contributed by atoms with E-state index in [2.05, 4.69) is 0 Å². The van der Waals surface area contributed by atoms with Crippen molar-refractivity contribution in [3.63, 3.8) is 0 Å². The number of carboxylic acid groups (broad SMARTS) is 1. The fraction of sp³-hybridized carbons (Fsp3) is 0.333. The average molecular weight is 371 g/mol. The van der Waals surface area contributed by atoms with Crippen LogP contribution in [0.5, 0.6) is 5.75 Å². The molecule has 1 heterocycles. The van der Waals surface area contributed by atoms with Gasteiger partial charge in [0.2, 0.25) is 5.91 Å². The smallest absolute Gasteiger partial charge is 0.308 e. The fourth-order valence-corrected chi connectivity index (χ4v) is 3.57. The number of hydrogen-bond acceptors (Lipinski definition) is 3. The summed E-state index contributed by atoms with van der Waals surface area (Å²) < 4.78 is 18.7. The first-order valence-electron chi connectivity index (χ1n) is 8.87. The molecule has 1 aliphatic heterocycles. The number of halogens is 1. The predicted octanol–water partition coefficient (Wildman–Crippen LogP) is 3.09. The number of aliphatic carboxylic acids is 1. The Balaban J connectivity index is 1.65. The minimum Gasteiger partial charge on any atom is -0.494 e. The van der Waals surface area contributed by atoms with E-state index in [1.165, 1.54) is 19.2 Å². The van der Waals surface area contributed by atoms with E-state index in [1.807, 2.05) is 30.3 Å². The zero-order valence-corrected chi connectivity index (χ0v) is 15.1. The molecule has 0 saturated carbocycles. The number of nitrogens with zero attached hydrogens (tertiary/aromatic N) is 1. The number of hydrogen-bond donors (Lipinski definition) is 1. The Hall–Kier alpha value is -2.89. The number of benzene rings is 2. The van der Waals surface area contributed by atoms with Gasteiger partial charge in [-0.3, -0.25) is 9.59 Å². The largest absolute Gasteiger partial charge is 0.494 e. The lowest BCUT2D eigenvalue weighted by atomic mass is 9.89. The van der Waals surface area contributed by atoms with Gasteiger partial charge in [-0.1, -0.05) is 36.4 Å². The van der Waals surface area contributed by atoms with Gasteiger partial charge >= 0.3 is 5.97 Å². The molecule has 0 aliphatic carbocycles. The Morgan fingerprint density at radius 3 is 2.56 bits per heavy atom. The summed E-state index contributed by atoms with van der Waals surface area (Å²) in [6, 6.07) is 14.0. The normalized spacial score (nSPS) is 19.1. The third-order valence-corrected chi connectivity index (χ3v) is 5.06. The molecule has 3 rings (SSSR count). The molecule has 1 fully saturated rings. The summed E-state index contributed by atoms with van der Waals surface area (Å²) in [5, 5.41) is 9.54. The van der Waals surface area contributed by atoms with E-state index < -0.39 is 17.7 Å². The van der Waals surface area contributed by atoms with Crippen LogP contribution in [0.25, 0.3) is 0 Å². The summed E-state index contributed by atoms with van der Waals surface area (Å²) in [5.74, 6) is -2.13. The third kappa shape index (κ3) is 4.27. The van der Waals surface area contributed by atoms with Crippen molar-refractivity contribution in [1.82, 2.24) is 4.90 Å². The maximum atomic E-state index is 13.8. The van der Waals surface area contributed by atoms with Gasteiger partial charge in [0.05, 0.1) is 13.0 Å². The van der Waals surface area contributed by atoms with Crippen LogP contribution in [0.4, 0.5) is 4.39 Å². The van der Waals surface area contributed by atoms with Crippen molar-refractivity contribution in [2.75, 3.05) is 20.2 Å². The van der Waals surface area contributed by atoms with Crippen LogP contribution in [0.15, 0.2) is 48.5 Å². The van der Waals surface area contributed by atoms with E-state index in [4.69, 9.17) is 4.74 Å². The Morgan fingerprint density at radius 2 is 1.93 bits per heavy atom. The lowest BCUT2D eigenvalue weighted by Crippen LogP contribution is -2.30. The van der Waals surface area contributed by atoms with Crippen LogP contribution in [0.3, 0.4) is 0 Å². The quantitative estimate of drug-likeness (QED) is 0.847. The molecular weight excluding hydrogens is 349 g/mol. The molecule has 2 unspecified atom stereocenters. The van der Waals surface area contributed by atoms with Crippen molar-refractivity contribution in [3.8, 4) is 5.75 Å². The average Bonchev–Trinajstić information content (AvgIpc) is 3.13. The molecule has 0 radical (unpaired) electrons. The summed E-state index contributed by atoms with van der Waals surface area (Å²) in [5.41, 5.74) is 1.63. The highest BCUT2D eigenvalue weighted by atomic mass is 19.1. The Morgan fingerprint density at radius 1 is 1.19 bits per heavy atom. The first kappa shape index (κ1) is 18.9. The van der Waals surface area contributed by atoms with Gasteiger partial charge in [0.1, 0.15) is 0 Å². The summed E-state index contributed by atoms with van der Waals surface area (Å²) in [4.78, 5) is 25.8. The van der Waals surface area contributed by atoms with Gasteiger partial charge in [0.25, 0.3) is 0 Å². The predicted molar refractivity (Wildman–Crippen MR) is 98.2 cm³/mol. The maximum Gasteiger partial charge on any atom is 0.308 e. The van der Waals surface area contributed by atoms with E-state index in [-0.39, 0.29) is 30.5 Å². The van der Waals surface area contributed by atoms with E-state index in [0.29, 0.717) is 18.5 Å². The zero-order valence-electron chi connectivity index (χ0n) is 15.1. The molecule has 27 heavy (non-hydrogen) atoms. The third-order valence-electron chi connectivity index (χ3n) is 5.06. The minimum atomic E-state index is -0.892. The van der Waals surface area contributed by atoms with Crippen LogP contribution in [-0.2, 0) is 16.0 Å². The molecular formula is C21H22FNO4. The van der Waals surface area contributed by atoms with E-state index in [9.17, 15) is 19.1 Å². The molecule has 0 aromatic heterocycles. The van der Waals surface area contributed by atoms with Gasteiger partial charge in [0.15, 0.2) is 11.6 Å². The van der Waals surface area contributed by atoms with Gasteiger partial charge in [-0.15, -0.1) is 0 Å². The number of carboxylic acids is 1. The molecule has 1 amide bonds. The van der Waals surface area contributed by atoms with Crippen LogP contribution >= 0.6 is 0 Å². The number of amides is 1. The lowest BCUT2D eigenvalue weighted by molar-refractivity contribution is -0.141. The van der Waals surface area contributed by atoms with Crippen molar-refractivity contribution in [2.45, 2.75) is 18.8 Å². The van der Waals surface area contributed by atoms with E-state index >= 15 is 0 Å². The van der Waals surface area contributed by atoms with Gasteiger partial charge in [-0.2, -0.15) is 0 Å². The maximum absolute atomic E-state index is 13.8. The molecule has 0 spiro atoms. The minimum absolute atomic E-state index is 0.115. The fourth-order valence-electron chi connectivity index (χ4n) is 3.57. The summed E-state index contributed by atoms with van der Waals surface area (Å²) >= 11 is 0. The molecule has 6 heteroatoms. The highest BCUT2D eigenvalue weighted by molar-refractivity contribution is 5.80. The molecule has 5 nitrogen and oxygen atoms in total. The van der Waals surface area contributed by atoms with Crippen molar-refractivity contribution in [1.29, 1.82) is 0 Å². The first-order chi connectivity index (χ1) is 13.0. The molecule has 1 N–H and O–H groups in total. The van der Waals surface area contributed by atoms with Crippen LogP contribution in [0, 0.1) is 11.7 Å². The van der Waals surface area contributed by atoms with Crippen molar-refractivity contribution < 1.29 is 23.8 Å². The number of methoxy groups -OCH3 is 1. The number of rotatable bonds is 6. The van der Waals surface area contributed by atoms with E-state index in [0.717, 1.165) is 5.56 Å². The number of ether oxygens (including phenoxy) is 1. The van der Waals surface area contributed by atoms with Crippen LogP contribution < -0.4 is 4.74 Å². The van der Waals surface area contributed by atoms with Gasteiger partial charge < -0.3 is 14.7 Å². The number of likely N-dealkylation sites (tertiary alicyclic amines) is 1. The topological polar surface area (TPSA) is 66.8 Å². The first-order valence-corrected chi connectivity index (χ1v) is 8.87. The molecule has 142 valence electrons. The van der Waals surface area contributed by atoms with Gasteiger partial charge in [-0.05, 0) is 29.7 Å². The summed E-state index contributed by atoms with van der Waals surface area (Å²) in [6.45, 7) is 0.585. The number of carbonyl (C=O) groups is 2. The molecule has 1 saturated heterocycles. The van der Waals surface area contributed by atoms with Crippen molar-refractivity contribution in [3.05, 3.63) is 65.5 Å². The monoisotopic (exact) mass is 371 g/mol. The summed E-state index contributed by atoms with van der Waals surface area (Å²) in [7, 11) is 1.40. The Bertz CT molecular complexity index is 824. The molecule has 0 bridgehead atoms. The van der Waals surface area contributed by atoms with E-state index in [1.54, 1.807) is 11.0 Å². The SMILES string of the molecule is COc1ccc(CCC(=O)N2CC(C(=O)O)C(c3ccccc3)C2)cc1F. The second-order valence-corrected chi connectivity index (χ2v) is 6.73. The van der Waals surface area contributed by atoms with Crippen molar-refractivity contribution >= 4 is 11.9 Å². The highest BCUT2D eigenvalue weighted by Gasteiger charge is 2.40. The molecule has 1 aliphatic rings. The summed E-state index contributed by atoms with van der Waals surface area (Å²) in [6.07, 6.45) is 0.601. The Kier molecular flexibility index (Phi) is 5.74. The highest BCUT2D eigenvalue weighted by Crippen LogP contribution is 2.33. The standard InChI is InChI=1S/C21H22FNO4/c1-27-19-9-7-14(11-18(19)22)8-10-20(24)23-12-16(17(13-23)21(25)26)15-5-3-2-4-6-15/h2-7,9,11,16-17H,8,10,12-13H2,1H3,(H,25,26). The lowest BCUT2D eigenvalue weighted by Gasteiger charge is -2.16. The van der Waals surface area contributed by atoms with Crippen LogP contribution in [0.1, 0.15) is 23.5 Å². The molecule has 2 aromatic carbocycles. The van der Waals surface area contributed by atoms with Gasteiger partial charge in [0, 0.05) is 25.4 Å². The number of aryl methyl sites for hydroxylation is 1.